The van der Waals surface area contributed by atoms with Crippen LogP contribution in [0.25, 0.3) is 0 Å². The molecule has 60 valence electrons. The van der Waals surface area contributed by atoms with Crippen LogP contribution in [0.2, 0.25) is 0 Å². The van der Waals surface area contributed by atoms with Gasteiger partial charge in [-0.05, 0) is 25.0 Å². The summed E-state index contributed by atoms with van der Waals surface area (Å²) in [5, 5.41) is 0. The van der Waals surface area contributed by atoms with Gasteiger partial charge in [-0.15, -0.1) is 0 Å². The van der Waals surface area contributed by atoms with Gasteiger partial charge >= 0.3 is 0 Å². The Morgan fingerprint density at radius 2 is 2.36 bits per heavy atom. The number of aromatic nitrogens is 1. The first-order valence-corrected chi connectivity index (χ1v) is 3.54. The molecule has 3 heteroatoms. The fraction of sp³-hybridized carbons (Fsp3) is 0.375. The van der Waals surface area contributed by atoms with E-state index >= 15 is 0 Å². The highest BCUT2D eigenvalue weighted by molar-refractivity contribution is 5.10. The molecule has 1 aromatic rings. The Bertz CT molecular complexity index is 218. The Morgan fingerprint density at radius 1 is 1.64 bits per heavy atom. The van der Waals surface area contributed by atoms with Gasteiger partial charge in [-0.1, -0.05) is 6.07 Å². The summed E-state index contributed by atoms with van der Waals surface area (Å²) in [5.41, 5.74) is 6.51. The van der Waals surface area contributed by atoms with Gasteiger partial charge in [0.05, 0.1) is 0 Å². The highest BCUT2D eigenvalue weighted by atomic mass is 19.1. The monoisotopic (exact) mass is 154 g/mol. The van der Waals surface area contributed by atoms with Gasteiger partial charge in [-0.3, -0.25) is 0 Å². The lowest BCUT2D eigenvalue weighted by atomic mass is 10.1. The van der Waals surface area contributed by atoms with Gasteiger partial charge in [0.15, 0.2) is 0 Å². The molecule has 1 unspecified atom stereocenters. The third-order valence-corrected chi connectivity index (χ3v) is 1.35. The van der Waals surface area contributed by atoms with Gasteiger partial charge in [0.25, 0.3) is 0 Å². The standard InChI is InChI=1S/C8H11FN2/c1-6(10)4-7-2-3-8(9)11-5-7/h2-3,5-6H,4,10H2,1H3. The third kappa shape index (κ3) is 2.63. The second-order valence-corrected chi connectivity index (χ2v) is 2.67. The minimum atomic E-state index is -0.446. The predicted molar refractivity (Wildman–Crippen MR) is 41.5 cm³/mol. The van der Waals surface area contributed by atoms with Crippen LogP contribution >= 0.6 is 0 Å². The summed E-state index contributed by atoms with van der Waals surface area (Å²) in [6.07, 6.45) is 2.26. The maximum absolute atomic E-state index is 12.3. The summed E-state index contributed by atoms with van der Waals surface area (Å²) in [4.78, 5) is 3.51. The van der Waals surface area contributed by atoms with Gasteiger partial charge in [-0.25, -0.2) is 4.98 Å². The Hall–Kier alpha value is -0.960. The maximum Gasteiger partial charge on any atom is 0.212 e. The largest absolute Gasteiger partial charge is 0.328 e. The lowest BCUT2D eigenvalue weighted by molar-refractivity contribution is 0.581. The SMILES string of the molecule is CC(N)Cc1ccc(F)nc1. The smallest absolute Gasteiger partial charge is 0.212 e. The van der Waals surface area contributed by atoms with Gasteiger partial charge < -0.3 is 5.73 Å². The van der Waals surface area contributed by atoms with E-state index in [-0.39, 0.29) is 6.04 Å². The fourth-order valence-corrected chi connectivity index (χ4v) is 0.899. The van der Waals surface area contributed by atoms with Crippen molar-refractivity contribution in [3.63, 3.8) is 0 Å². The topological polar surface area (TPSA) is 38.9 Å². The van der Waals surface area contributed by atoms with E-state index in [1.54, 1.807) is 6.07 Å². The molecule has 0 bridgehead atoms. The molecule has 11 heavy (non-hydrogen) atoms. The van der Waals surface area contributed by atoms with Crippen LogP contribution in [0.5, 0.6) is 0 Å². The molecule has 2 nitrogen and oxygen atoms in total. The van der Waals surface area contributed by atoms with Crippen molar-refractivity contribution in [1.29, 1.82) is 0 Å². The molecule has 0 radical (unpaired) electrons. The minimum Gasteiger partial charge on any atom is -0.328 e. The normalized spacial score (nSPS) is 13.0. The number of hydrogen-bond acceptors (Lipinski definition) is 2. The number of pyridine rings is 1. The minimum absolute atomic E-state index is 0.0993. The molecule has 0 aliphatic carbocycles. The van der Waals surface area contributed by atoms with Gasteiger partial charge in [0.1, 0.15) is 0 Å². The Labute approximate surface area is 65.3 Å². The average Bonchev–Trinajstić information content (AvgIpc) is 1.93. The van der Waals surface area contributed by atoms with Crippen LogP contribution in [-0.4, -0.2) is 11.0 Å². The molecule has 2 N–H and O–H groups in total. The molecule has 0 fully saturated rings. The summed E-state index contributed by atoms with van der Waals surface area (Å²) < 4.78 is 12.3. The second-order valence-electron chi connectivity index (χ2n) is 2.67. The van der Waals surface area contributed by atoms with Crippen LogP contribution in [-0.2, 0) is 6.42 Å². The van der Waals surface area contributed by atoms with E-state index in [4.69, 9.17) is 5.73 Å². The summed E-state index contributed by atoms with van der Waals surface area (Å²) in [7, 11) is 0. The maximum atomic E-state index is 12.3. The van der Waals surface area contributed by atoms with Crippen molar-refractivity contribution in [3.05, 3.63) is 29.8 Å². The lowest BCUT2D eigenvalue weighted by Gasteiger charge is -2.02. The van der Waals surface area contributed by atoms with E-state index in [1.807, 2.05) is 6.92 Å². The average molecular weight is 154 g/mol. The summed E-state index contributed by atoms with van der Waals surface area (Å²) in [6, 6.07) is 3.14. The van der Waals surface area contributed by atoms with Crippen molar-refractivity contribution in [2.75, 3.05) is 0 Å². The highest BCUT2D eigenvalue weighted by Crippen LogP contribution is 2.01. The van der Waals surface area contributed by atoms with Crippen molar-refractivity contribution < 1.29 is 4.39 Å². The lowest BCUT2D eigenvalue weighted by Crippen LogP contribution is -2.17. The van der Waals surface area contributed by atoms with Crippen LogP contribution in [0.4, 0.5) is 4.39 Å². The van der Waals surface area contributed by atoms with Crippen molar-refractivity contribution in [2.45, 2.75) is 19.4 Å². The molecule has 0 aliphatic rings. The number of nitrogens with two attached hydrogens (primary N) is 1. The summed E-state index contributed by atoms with van der Waals surface area (Å²) >= 11 is 0. The summed E-state index contributed by atoms with van der Waals surface area (Å²) in [5.74, 6) is -0.446. The van der Waals surface area contributed by atoms with Crippen molar-refractivity contribution in [1.82, 2.24) is 4.98 Å². The van der Waals surface area contributed by atoms with Crippen LogP contribution < -0.4 is 5.73 Å². The van der Waals surface area contributed by atoms with Crippen molar-refractivity contribution >= 4 is 0 Å². The molecular weight excluding hydrogens is 143 g/mol. The van der Waals surface area contributed by atoms with E-state index in [0.717, 1.165) is 12.0 Å². The molecule has 0 aliphatic heterocycles. The van der Waals surface area contributed by atoms with Crippen LogP contribution in [0.15, 0.2) is 18.3 Å². The molecule has 0 amide bonds. The van der Waals surface area contributed by atoms with Crippen LogP contribution in [0, 0.1) is 5.95 Å². The molecule has 0 aromatic carbocycles. The third-order valence-electron chi connectivity index (χ3n) is 1.35. The van der Waals surface area contributed by atoms with Crippen LogP contribution in [0.1, 0.15) is 12.5 Å². The first kappa shape index (κ1) is 8.14. The molecule has 1 atom stereocenters. The van der Waals surface area contributed by atoms with E-state index in [2.05, 4.69) is 4.98 Å². The molecule has 1 heterocycles. The van der Waals surface area contributed by atoms with Crippen LogP contribution in [0.3, 0.4) is 0 Å². The molecule has 0 saturated carbocycles. The predicted octanol–water partition coefficient (Wildman–Crippen LogP) is 1.11. The Morgan fingerprint density at radius 3 is 2.82 bits per heavy atom. The zero-order valence-corrected chi connectivity index (χ0v) is 6.42. The van der Waals surface area contributed by atoms with E-state index in [0.29, 0.717) is 0 Å². The second kappa shape index (κ2) is 3.44. The Kier molecular flexibility index (Phi) is 2.54. The quantitative estimate of drug-likeness (QED) is 0.648. The number of rotatable bonds is 2. The molecule has 1 aromatic heterocycles. The number of nitrogens with zero attached hydrogens (tertiary/aromatic N) is 1. The van der Waals surface area contributed by atoms with E-state index in [1.165, 1.54) is 12.3 Å². The fourth-order valence-electron chi connectivity index (χ4n) is 0.899. The van der Waals surface area contributed by atoms with Gasteiger partial charge in [0, 0.05) is 12.2 Å². The number of hydrogen-bond donors (Lipinski definition) is 1. The zero-order valence-electron chi connectivity index (χ0n) is 6.42. The van der Waals surface area contributed by atoms with Crippen molar-refractivity contribution in [2.24, 2.45) is 5.73 Å². The number of halogens is 1. The first-order valence-electron chi connectivity index (χ1n) is 3.54. The molecular formula is C8H11FN2. The zero-order chi connectivity index (χ0) is 8.27. The molecule has 1 rings (SSSR count). The van der Waals surface area contributed by atoms with E-state index < -0.39 is 5.95 Å². The van der Waals surface area contributed by atoms with Crippen molar-refractivity contribution in [3.8, 4) is 0 Å². The molecule has 0 saturated heterocycles. The Balaban J connectivity index is 2.66. The first-order chi connectivity index (χ1) is 5.18. The van der Waals surface area contributed by atoms with E-state index in [9.17, 15) is 4.39 Å². The molecule has 0 spiro atoms. The summed E-state index contributed by atoms with van der Waals surface area (Å²) in [6.45, 7) is 1.91. The van der Waals surface area contributed by atoms with Gasteiger partial charge in [0.2, 0.25) is 5.95 Å². The highest BCUT2D eigenvalue weighted by Gasteiger charge is 1.97. The van der Waals surface area contributed by atoms with Gasteiger partial charge in [-0.2, -0.15) is 4.39 Å².